The molecule has 1 aromatic carbocycles. The molecule has 0 fully saturated rings. The summed E-state index contributed by atoms with van der Waals surface area (Å²) in [5.74, 6) is 0.187. The third-order valence-electron chi connectivity index (χ3n) is 2.76. The van der Waals surface area contributed by atoms with E-state index in [0.717, 1.165) is 24.4 Å². The number of carbonyl (C=O) groups excluding carboxylic acids is 1. The number of benzene rings is 1. The maximum absolute atomic E-state index is 11.7. The Kier molecular flexibility index (Phi) is 7.26. The van der Waals surface area contributed by atoms with Gasteiger partial charge in [0.2, 0.25) is 0 Å². The second-order valence-corrected chi connectivity index (χ2v) is 7.17. The van der Waals surface area contributed by atoms with E-state index in [9.17, 15) is 4.79 Å². The molecule has 1 N–H and O–H groups in total. The van der Waals surface area contributed by atoms with E-state index in [2.05, 4.69) is 37.4 Å². The van der Waals surface area contributed by atoms with Crippen LogP contribution in [0.15, 0.2) is 23.1 Å². The topological polar surface area (TPSA) is 38.3 Å². The van der Waals surface area contributed by atoms with Gasteiger partial charge >= 0.3 is 5.97 Å². The molecule has 0 bridgehead atoms. The summed E-state index contributed by atoms with van der Waals surface area (Å²) in [7, 11) is 0. The zero-order chi connectivity index (χ0) is 15.9. The first-order valence-corrected chi connectivity index (χ1v) is 8.45. The first kappa shape index (κ1) is 18.1. The molecule has 0 saturated heterocycles. The highest BCUT2D eigenvalue weighted by Crippen LogP contribution is 2.24. The molecule has 0 aliphatic heterocycles. The minimum absolute atomic E-state index is 0.166. The van der Waals surface area contributed by atoms with E-state index in [-0.39, 0.29) is 5.97 Å². The van der Waals surface area contributed by atoms with Crippen LogP contribution in [0.5, 0.6) is 0 Å². The van der Waals surface area contributed by atoms with E-state index in [1.54, 1.807) is 0 Å². The molecule has 0 aromatic heterocycles. The molecule has 1 rings (SSSR count). The van der Waals surface area contributed by atoms with Gasteiger partial charge in [-0.05, 0) is 57.9 Å². The van der Waals surface area contributed by atoms with Crippen molar-refractivity contribution in [1.82, 2.24) is 5.32 Å². The molecule has 1 aromatic rings. The maximum Gasteiger partial charge on any atom is 0.316 e. The average molecular weight is 309 g/mol. The Bertz CT molecular complexity index is 466. The molecule has 4 heteroatoms. The third-order valence-corrected chi connectivity index (χ3v) is 3.91. The molecular weight excluding hydrogens is 282 g/mol. The van der Waals surface area contributed by atoms with Crippen molar-refractivity contribution in [1.29, 1.82) is 0 Å². The quantitative estimate of drug-likeness (QED) is 0.470. The van der Waals surface area contributed by atoms with Crippen LogP contribution in [0.2, 0.25) is 0 Å². The Morgan fingerprint density at radius 2 is 2.05 bits per heavy atom. The fourth-order valence-electron chi connectivity index (χ4n) is 1.90. The van der Waals surface area contributed by atoms with Crippen LogP contribution in [0.3, 0.4) is 0 Å². The largest absolute Gasteiger partial charge is 0.459 e. The van der Waals surface area contributed by atoms with E-state index >= 15 is 0 Å². The van der Waals surface area contributed by atoms with E-state index in [1.165, 1.54) is 22.9 Å². The number of thioether (sulfide) groups is 1. The second kappa shape index (κ2) is 8.44. The summed E-state index contributed by atoms with van der Waals surface area (Å²) < 4.78 is 5.32. The van der Waals surface area contributed by atoms with Crippen molar-refractivity contribution in [3.05, 3.63) is 29.3 Å². The number of nitrogens with one attached hydrogen (secondary N) is 1. The first-order chi connectivity index (χ1) is 9.81. The van der Waals surface area contributed by atoms with Crippen LogP contribution in [0.1, 0.15) is 45.2 Å². The van der Waals surface area contributed by atoms with Crippen LogP contribution >= 0.6 is 11.8 Å². The number of carbonyl (C=O) groups is 1. The second-order valence-electron chi connectivity index (χ2n) is 6.15. The Labute approximate surface area is 132 Å². The van der Waals surface area contributed by atoms with E-state index in [0.29, 0.717) is 5.75 Å². The van der Waals surface area contributed by atoms with Crippen LogP contribution in [0, 0.1) is 6.92 Å². The fraction of sp³-hybridized carbons (Fsp3) is 0.588. The van der Waals surface area contributed by atoms with E-state index in [1.807, 2.05) is 20.8 Å². The van der Waals surface area contributed by atoms with Gasteiger partial charge in [0.1, 0.15) is 5.60 Å². The van der Waals surface area contributed by atoms with E-state index < -0.39 is 5.60 Å². The van der Waals surface area contributed by atoms with Gasteiger partial charge in [0.15, 0.2) is 0 Å². The van der Waals surface area contributed by atoms with Gasteiger partial charge in [-0.1, -0.05) is 19.1 Å². The average Bonchev–Trinajstić information content (AvgIpc) is 2.36. The van der Waals surface area contributed by atoms with Crippen LogP contribution in [-0.2, 0) is 16.1 Å². The summed E-state index contributed by atoms with van der Waals surface area (Å²) in [5.41, 5.74) is 2.07. The molecule has 0 radical (unpaired) electrons. The van der Waals surface area contributed by atoms with Crippen molar-refractivity contribution in [2.45, 2.75) is 58.1 Å². The molecular formula is C17H27NO2S. The van der Waals surface area contributed by atoms with Gasteiger partial charge < -0.3 is 10.1 Å². The van der Waals surface area contributed by atoms with Crippen molar-refractivity contribution < 1.29 is 9.53 Å². The zero-order valence-electron chi connectivity index (χ0n) is 13.8. The van der Waals surface area contributed by atoms with Gasteiger partial charge in [-0.25, -0.2) is 0 Å². The lowest BCUT2D eigenvalue weighted by molar-refractivity contribution is -0.151. The number of aryl methyl sites for hydroxylation is 1. The normalized spacial score (nSPS) is 11.5. The molecule has 0 heterocycles. The number of hydrogen-bond acceptors (Lipinski definition) is 4. The highest BCUT2D eigenvalue weighted by Gasteiger charge is 2.16. The molecule has 0 atom stereocenters. The summed E-state index contributed by atoms with van der Waals surface area (Å²) in [5, 5.41) is 3.39. The van der Waals surface area contributed by atoms with Crippen molar-refractivity contribution in [2.75, 3.05) is 12.3 Å². The molecule has 0 amide bonds. The first-order valence-electron chi connectivity index (χ1n) is 7.46. The zero-order valence-corrected chi connectivity index (χ0v) is 14.6. The molecule has 0 saturated carbocycles. The van der Waals surface area contributed by atoms with Gasteiger partial charge in [-0.3, -0.25) is 4.79 Å². The fourth-order valence-corrected chi connectivity index (χ4v) is 2.68. The molecule has 118 valence electrons. The smallest absolute Gasteiger partial charge is 0.316 e. The minimum Gasteiger partial charge on any atom is -0.459 e. The van der Waals surface area contributed by atoms with Crippen LogP contribution < -0.4 is 5.32 Å². The summed E-state index contributed by atoms with van der Waals surface area (Å²) in [4.78, 5) is 12.9. The van der Waals surface area contributed by atoms with Crippen LogP contribution in [0.4, 0.5) is 0 Å². The number of rotatable bonds is 7. The molecule has 3 nitrogen and oxygen atoms in total. The predicted molar refractivity (Wildman–Crippen MR) is 89.7 cm³/mol. The Morgan fingerprint density at radius 1 is 1.33 bits per heavy atom. The predicted octanol–water partition coefficient (Wildman–Crippen LogP) is 3.93. The monoisotopic (exact) mass is 309 g/mol. The van der Waals surface area contributed by atoms with Crippen molar-refractivity contribution in [3.63, 3.8) is 0 Å². The molecule has 21 heavy (non-hydrogen) atoms. The standard InChI is InChI=1S/C17H27NO2S/c1-6-9-18-11-14-7-8-15(13(2)10-14)21-12-16(19)20-17(3,4)5/h7-8,10,18H,6,9,11-12H2,1-5H3. The van der Waals surface area contributed by atoms with Gasteiger partial charge in [0, 0.05) is 11.4 Å². The lowest BCUT2D eigenvalue weighted by Gasteiger charge is -2.19. The number of ether oxygens (including phenoxy) is 1. The van der Waals surface area contributed by atoms with Crippen molar-refractivity contribution in [3.8, 4) is 0 Å². The molecule has 0 unspecified atom stereocenters. The number of esters is 1. The van der Waals surface area contributed by atoms with Crippen LogP contribution in [0.25, 0.3) is 0 Å². The summed E-state index contributed by atoms with van der Waals surface area (Å²) >= 11 is 1.54. The van der Waals surface area contributed by atoms with Gasteiger partial charge in [-0.15, -0.1) is 11.8 Å². The van der Waals surface area contributed by atoms with Gasteiger partial charge in [0.05, 0.1) is 5.75 Å². The van der Waals surface area contributed by atoms with Crippen molar-refractivity contribution in [2.24, 2.45) is 0 Å². The highest BCUT2D eigenvalue weighted by molar-refractivity contribution is 8.00. The Hall–Kier alpha value is -1.00. The van der Waals surface area contributed by atoms with Gasteiger partial charge in [0.25, 0.3) is 0 Å². The third kappa shape index (κ3) is 7.53. The minimum atomic E-state index is -0.415. The SMILES string of the molecule is CCCNCc1ccc(SCC(=O)OC(C)(C)C)c(C)c1. The summed E-state index contributed by atoms with van der Waals surface area (Å²) in [6.07, 6.45) is 1.14. The summed E-state index contributed by atoms with van der Waals surface area (Å²) in [6, 6.07) is 6.39. The molecule has 0 aliphatic rings. The maximum atomic E-state index is 11.7. The van der Waals surface area contributed by atoms with Gasteiger partial charge in [-0.2, -0.15) is 0 Å². The lowest BCUT2D eigenvalue weighted by Crippen LogP contribution is -2.24. The van der Waals surface area contributed by atoms with E-state index in [4.69, 9.17) is 4.74 Å². The van der Waals surface area contributed by atoms with Crippen molar-refractivity contribution >= 4 is 17.7 Å². The number of hydrogen-bond donors (Lipinski definition) is 1. The lowest BCUT2D eigenvalue weighted by atomic mass is 10.1. The summed E-state index contributed by atoms with van der Waals surface area (Å²) in [6.45, 7) is 11.8. The molecule has 0 aliphatic carbocycles. The Morgan fingerprint density at radius 3 is 2.62 bits per heavy atom. The highest BCUT2D eigenvalue weighted by atomic mass is 32.2. The van der Waals surface area contributed by atoms with Crippen LogP contribution in [-0.4, -0.2) is 23.9 Å². The molecule has 0 spiro atoms. The Balaban J connectivity index is 2.51.